The molecule has 4 heteroatoms. The van der Waals surface area contributed by atoms with Crippen molar-refractivity contribution in [2.24, 2.45) is 0 Å². The first-order valence-electron chi connectivity index (χ1n) is 5.27. The van der Waals surface area contributed by atoms with Gasteiger partial charge in [-0.15, -0.1) is 0 Å². The molecular weight excluding hydrogens is 216 g/mol. The molecule has 0 spiro atoms. The molecule has 1 N–H and O–H groups in total. The van der Waals surface area contributed by atoms with Crippen LogP contribution >= 0.6 is 0 Å². The first kappa shape index (κ1) is 9.84. The van der Waals surface area contributed by atoms with Gasteiger partial charge >= 0.3 is 5.97 Å². The van der Waals surface area contributed by atoms with Gasteiger partial charge in [-0.2, -0.15) is 0 Å². The fourth-order valence-corrected chi connectivity index (χ4v) is 2.04. The van der Waals surface area contributed by atoms with Crippen LogP contribution in [0.4, 0.5) is 0 Å². The van der Waals surface area contributed by atoms with Gasteiger partial charge < -0.3 is 5.11 Å². The molecule has 0 saturated carbocycles. The lowest BCUT2D eigenvalue weighted by atomic mass is 10.1. The Labute approximate surface area is 97.1 Å². The van der Waals surface area contributed by atoms with E-state index in [0.29, 0.717) is 5.65 Å². The van der Waals surface area contributed by atoms with Crippen molar-refractivity contribution >= 4 is 22.5 Å². The number of hydrogen-bond acceptors (Lipinski definition) is 2. The van der Waals surface area contributed by atoms with E-state index in [4.69, 9.17) is 5.11 Å². The first-order valence-corrected chi connectivity index (χ1v) is 5.27. The Kier molecular flexibility index (Phi) is 1.92. The van der Waals surface area contributed by atoms with Crippen LogP contribution in [0, 0.1) is 6.92 Å². The molecule has 4 nitrogen and oxygen atoms in total. The third kappa shape index (κ3) is 1.38. The number of rotatable bonds is 1. The van der Waals surface area contributed by atoms with E-state index < -0.39 is 5.97 Å². The van der Waals surface area contributed by atoms with E-state index in [1.54, 1.807) is 4.40 Å². The van der Waals surface area contributed by atoms with Crippen molar-refractivity contribution in [1.29, 1.82) is 0 Å². The highest BCUT2D eigenvalue weighted by Gasteiger charge is 2.12. The molecule has 17 heavy (non-hydrogen) atoms. The number of benzene rings is 1. The molecule has 0 radical (unpaired) electrons. The highest BCUT2D eigenvalue weighted by atomic mass is 16.4. The van der Waals surface area contributed by atoms with E-state index in [2.05, 4.69) is 4.98 Å². The van der Waals surface area contributed by atoms with Crippen molar-refractivity contribution in [3.05, 3.63) is 47.8 Å². The van der Waals surface area contributed by atoms with E-state index >= 15 is 0 Å². The quantitative estimate of drug-likeness (QED) is 0.693. The van der Waals surface area contributed by atoms with Crippen LogP contribution in [-0.2, 0) is 0 Å². The molecule has 3 aromatic rings. The molecule has 2 heterocycles. The number of carboxylic acids is 1. The third-order valence-corrected chi connectivity index (χ3v) is 2.85. The highest BCUT2D eigenvalue weighted by molar-refractivity contribution is 5.91. The molecule has 0 aliphatic heterocycles. The van der Waals surface area contributed by atoms with Gasteiger partial charge in [-0.25, -0.2) is 9.78 Å². The Bertz CT molecular complexity index is 744. The van der Waals surface area contributed by atoms with Crippen LogP contribution in [-0.4, -0.2) is 20.5 Å². The van der Waals surface area contributed by atoms with Gasteiger partial charge in [0.1, 0.15) is 5.65 Å². The normalized spacial score (nSPS) is 11.1. The summed E-state index contributed by atoms with van der Waals surface area (Å²) in [6, 6.07) is 9.73. The maximum atomic E-state index is 11.1. The number of aryl methyl sites for hydroxylation is 1. The number of aromatic nitrogens is 2. The monoisotopic (exact) mass is 226 g/mol. The fraction of sp³-hybridized carbons (Fsp3) is 0.0769. The Morgan fingerprint density at radius 3 is 2.82 bits per heavy atom. The number of carbonyl (C=O) groups is 1. The zero-order chi connectivity index (χ0) is 12.0. The summed E-state index contributed by atoms with van der Waals surface area (Å²) in [5.41, 5.74) is 2.81. The maximum Gasteiger partial charge on any atom is 0.354 e. The number of fused-ring (bicyclic) bond motifs is 3. The van der Waals surface area contributed by atoms with Crippen molar-refractivity contribution in [3.63, 3.8) is 0 Å². The zero-order valence-electron chi connectivity index (χ0n) is 9.21. The van der Waals surface area contributed by atoms with Crippen molar-refractivity contribution in [1.82, 2.24) is 9.38 Å². The molecular formula is C13H10N2O2. The Balaban J connectivity index is 2.55. The van der Waals surface area contributed by atoms with E-state index in [-0.39, 0.29) is 5.69 Å². The Morgan fingerprint density at radius 2 is 2.06 bits per heavy atom. The lowest BCUT2D eigenvalue weighted by Gasteiger charge is -2.04. The standard InChI is InChI=1S/C13H10N2O2/c1-8-2-3-9-4-5-12-14-7-11(13(16)17)15(12)10(9)6-8/h2-7H,1H3,(H,16,17). The second-order valence-corrected chi connectivity index (χ2v) is 4.04. The number of carboxylic acid groups (broad SMARTS) is 1. The molecule has 3 rings (SSSR count). The molecule has 0 bridgehead atoms. The lowest BCUT2D eigenvalue weighted by Crippen LogP contribution is -2.02. The molecule has 0 amide bonds. The zero-order valence-corrected chi connectivity index (χ0v) is 9.21. The molecule has 0 aliphatic carbocycles. The van der Waals surface area contributed by atoms with Crippen LogP contribution in [0.25, 0.3) is 16.6 Å². The minimum absolute atomic E-state index is 0.191. The van der Waals surface area contributed by atoms with Gasteiger partial charge in [-0.05, 0) is 36.1 Å². The van der Waals surface area contributed by atoms with Gasteiger partial charge in [0.15, 0.2) is 5.69 Å². The molecule has 0 aliphatic rings. The van der Waals surface area contributed by atoms with Crippen molar-refractivity contribution in [2.75, 3.05) is 0 Å². The lowest BCUT2D eigenvalue weighted by molar-refractivity contribution is 0.0690. The first-order chi connectivity index (χ1) is 8.16. The molecule has 0 fully saturated rings. The van der Waals surface area contributed by atoms with Crippen LogP contribution in [0.15, 0.2) is 36.5 Å². The maximum absolute atomic E-state index is 11.1. The minimum atomic E-state index is -0.966. The number of imidazole rings is 1. The van der Waals surface area contributed by atoms with E-state index in [0.717, 1.165) is 16.5 Å². The summed E-state index contributed by atoms with van der Waals surface area (Å²) in [5, 5.41) is 10.1. The van der Waals surface area contributed by atoms with Crippen molar-refractivity contribution in [2.45, 2.75) is 6.92 Å². The summed E-state index contributed by atoms with van der Waals surface area (Å²) in [6.45, 7) is 1.98. The summed E-state index contributed by atoms with van der Waals surface area (Å²) < 4.78 is 1.67. The molecule has 0 saturated heterocycles. The number of pyridine rings is 1. The summed E-state index contributed by atoms with van der Waals surface area (Å²) in [7, 11) is 0. The predicted octanol–water partition coefficient (Wildman–Crippen LogP) is 2.49. The number of nitrogens with zero attached hydrogens (tertiary/aromatic N) is 2. The summed E-state index contributed by atoms with van der Waals surface area (Å²) in [6.07, 6.45) is 1.39. The van der Waals surface area contributed by atoms with E-state index in [1.165, 1.54) is 6.20 Å². The van der Waals surface area contributed by atoms with Gasteiger partial charge in [0.2, 0.25) is 0 Å². The summed E-state index contributed by atoms with van der Waals surface area (Å²) >= 11 is 0. The van der Waals surface area contributed by atoms with Gasteiger partial charge in [-0.3, -0.25) is 4.40 Å². The van der Waals surface area contributed by atoms with Crippen LogP contribution < -0.4 is 0 Å². The van der Waals surface area contributed by atoms with Crippen molar-refractivity contribution < 1.29 is 9.90 Å². The average Bonchev–Trinajstić information content (AvgIpc) is 2.73. The smallest absolute Gasteiger partial charge is 0.354 e. The van der Waals surface area contributed by atoms with Crippen molar-refractivity contribution in [3.8, 4) is 0 Å². The average molecular weight is 226 g/mol. The largest absolute Gasteiger partial charge is 0.477 e. The Hall–Kier alpha value is -2.36. The molecule has 2 aromatic heterocycles. The topological polar surface area (TPSA) is 54.6 Å². The summed E-state index contributed by atoms with van der Waals surface area (Å²) in [4.78, 5) is 15.2. The van der Waals surface area contributed by atoms with Crippen LogP contribution in [0.1, 0.15) is 16.1 Å². The minimum Gasteiger partial charge on any atom is -0.477 e. The Morgan fingerprint density at radius 1 is 1.29 bits per heavy atom. The molecule has 0 unspecified atom stereocenters. The second-order valence-electron chi connectivity index (χ2n) is 4.04. The van der Waals surface area contributed by atoms with E-state index in [9.17, 15) is 4.79 Å². The van der Waals surface area contributed by atoms with E-state index in [1.807, 2.05) is 37.3 Å². The molecule has 0 atom stereocenters. The van der Waals surface area contributed by atoms with Gasteiger partial charge in [0.25, 0.3) is 0 Å². The highest BCUT2D eigenvalue weighted by Crippen LogP contribution is 2.20. The second kappa shape index (κ2) is 3.31. The number of hydrogen-bond donors (Lipinski definition) is 1. The SMILES string of the molecule is Cc1ccc2ccc3ncc(C(=O)O)n3c2c1. The third-order valence-electron chi connectivity index (χ3n) is 2.85. The van der Waals surface area contributed by atoms with Crippen LogP contribution in [0.2, 0.25) is 0 Å². The fourth-order valence-electron chi connectivity index (χ4n) is 2.04. The van der Waals surface area contributed by atoms with Gasteiger partial charge in [0, 0.05) is 0 Å². The van der Waals surface area contributed by atoms with Gasteiger partial charge in [0.05, 0.1) is 11.7 Å². The van der Waals surface area contributed by atoms with Crippen LogP contribution in [0.5, 0.6) is 0 Å². The molecule has 1 aromatic carbocycles. The summed E-state index contributed by atoms with van der Waals surface area (Å²) in [5.74, 6) is -0.966. The molecule has 84 valence electrons. The van der Waals surface area contributed by atoms with Gasteiger partial charge in [-0.1, -0.05) is 12.1 Å². The predicted molar refractivity (Wildman–Crippen MR) is 64.4 cm³/mol. The van der Waals surface area contributed by atoms with Crippen LogP contribution in [0.3, 0.4) is 0 Å². The number of aromatic carboxylic acids is 1.